The first kappa shape index (κ1) is 9.71. The highest BCUT2D eigenvalue weighted by Gasteiger charge is 2.19. The van der Waals surface area contributed by atoms with Crippen LogP contribution in [0.15, 0.2) is 47.7 Å². The highest BCUT2D eigenvalue weighted by molar-refractivity contribution is 6.01. The number of aliphatic hydroxyl groups is 1. The molecular weight excluding hydrogens is 188 g/mol. The molecule has 76 valence electrons. The molecule has 2 nitrogen and oxygen atoms in total. The zero-order valence-electron chi connectivity index (χ0n) is 8.31. The lowest BCUT2D eigenvalue weighted by molar-refractivity contribution is -0.114. The lowest BCUT2D eigenvalue weighted by Gasteiger charge is -1.94. The Morgan fingerprint density at radius 1 is 1.07 bits per heavy atom. The molecule has 0 atom stereocenters. The van der Waals surface area contributed by atoms with E-state index in [1.165, 1.54) is 0 Å². The Morgan fingerprint density at radius 2 is 1.80 bits per heavy atom. The number of aliphatic hydroxyl groups excluding tert-OH is 1. The topological polar surface area (TPSA) is 37.3 Å². The molecule has 0 aromatic heterocycles. The van der Waals surface area contributed by atoms with Crippen LogP contribution in [0.4, 0.5) is 0 Å². The minimum Gasteiger partial charge on any atom is -0.512 e. The number of rotatable bonds is 2. The highest BCUT2D eigenvalue weighted by atomic mass is 16.3. The van der Waals surface area contributed by atoms with Crippen LogP contribution in [0.25, 0.3) is 6.08 Å². The first-order valence-electron chi connectivity index (χ1n) is 4.96. The van der Waals surface area contributed by atoms with Crippen LogP contribution in [0.1, 0.15) is 18.4 Å². The summed E-state index contributed by atoms with van der Waals surface area (Å²) in [5.41, 5.74) is 1.48. The summed E-state index contributed by atoms with van der Waals surface area (Å²) in [5.74, 6) is 0.242. The molecule has 0 saturated heterocycles. The predicted molar refractivity (Wildman–Crippen MR) is 59.4 cm³/mol. The van der Waals surface area contributed by atoms with E-state index in [-0.39, 0.29) is 11.5 Å². The van der Waals surface area contributed by atoms with Crippen molar-refractivity contribution in [1.29, 1.82) is 0 Å². The van der Waals surface area contributed by atoms with Crippen molar-refractivity contribution in [2.45, 2.75) is 12.8 Å². The van der Waals surface area contributed by atoms with E-state index in [1.54, 1.807) is 6.08 Å². The molecule has 1 aliphatic rings. The number of ketones is 1. The van der Waals surface area contributed by atoms with Gasteiger partial charge in [-0.1, -0.05) is 36.4 Å². The van der Waals surface area contributed by atoms with Crippen molar-refractivity contribution in [3.63, 3.8) is 0 Å². The Balaban J connectivity index is 2.19. The first-order chi connectivity index (χ1) is 7.27. The Labute approximate surface area is 88.6 Å². The zero-order valence-corrected chi connectivity index (χ0v) is 8.31. The maximum absolute atomic E-state index is 11.3. The number of Topliss-reactive ketones (excluding diaryl/α,β-unsaturated/α-hetero) is 1. The lowest BCUT2D eigenvalue weighted by Crippen LogP contribution is -1.92. The fraction of sp³-hybridized carbons (Fsp3) is 0.154. The molecule has 0 saturated carbocycles. The number of benzene rings is 1. The monoisotopic (exact) mass is 200 g/mol. The van der Waals surface area contributed by atoms with E-state index in [4.69, 9.17) is 0 Å². The minimum atomic E-state index is 0.0275. The first-order valence-corrected chi connectivity index (χ1v) is 4.96. The predicted octanol–water partition coefficient (Wildman–Crippen LogP) is 2.87. The summed E-state index contributed by atoms with van der Waals surface area (Å²) in [4.78, 5) is 11.3. The fourth-order valence-corrected chi connectivity index (χ4v) is 1.60. The van der Waals surface area contributed by atoms with Crippen molar-refractivity contribution in [3.8, 4) is 0 Å². The van der Waals surface area contributed by atoms with Gasteiger partial charge in [-0.2, -0.15) is 0 Å². The van der Waals surface area contributed by atoms with Crippen LogP contribution in [-0.4, -0.2) is 10.9 Å². The van der Waals surface area contributed by atoms with Crippen LogP contribution in [0.3, 0.4) is 0 Å². The molecule has 0 bridgehead atoms. The summed E-state index contributed by atoms with van der Waals surface area (Å²) in [6.45, 7) is 0. The maximum atomic E-state index is 11.3. The number of carbonyl (C=O) groups excluding carboxylic acids is 1. The van der Waals surface area contributed by atoms with Crippen LogP contribution in [-0.2, 0) is 4.79 Å². The van der Waals surface area contributed by atoms with Gasteiger partial charge >= 0.3 is 0 Å². The molecule has 0 amide bonds. The molecule has 1 aromatic carbocycles. The van der Waals surface area contributed by atoms with Crippen LogP contribution in [0.2, 0.25) is 0 Å². The third kappa shape index (κ3) is 2.15. The summed E-state index contributed by atoms with van der Waals surface area (Å²) in [5, 5.41) is 9.44. The second-order valence-corrected chi connectivity index (χ2v) is 3.53. The van der Waals surface area contributed by atoms with Gasteiger partial charge in [-0.3, -0.25) is 4.79 Å². The van der Waals surface area contributed by atoms with Crippen molar-refractivity contribution < 1.29 is 9.90 Å². The van der Waals surface area contributed by atoms with Crippen molar-refractivity contribution in [2.75, 3.05) is 0 Å². The fourth-order valence-electron chi connectivity index (χ4n) is 1.60. The molecule has 2 heteroatoms. The third-order valence-corrected chi connectivity index (χ3v) is 2.44. The van der Waals surface area contributed by atoms with E-state index in [2.05, 4.69) is 0 Å². The summed E-state index contributed by atoms with van der Waals surface area (Å²) < 4.78 is 0. The number of hydrogen-bond acceptors (Lipinski definition) is 2. The number of allylic oxidation sites excluding steroid dienone is 3. The summed E-state index contributed by atoms with van der Waals surface area (Å²) in [6.07, 6.45) is 4.45. The zero-order chi connectivity index (χ0) is 10.7. The molecule has 1 aliphatic carbocycles. The van der Waals surface area contributed by atoms with Crippen molar-refractivity contribution in [2.24, 2.45) is 0 Å². The van der Waals surface area contributed by atoms with Crippen molar-refractivity contribution in [3.05, 3.63) is 53.3 Å². The standard InChI is InChI=1S/C13H12O2/c14-12-8-9-13(15)11(12)7-6-10-4-2-1-3-5-10/h1-7,14H,8-9H2/b7-6+. The normalized spacial score (nSPS) is 16.7. The van der Waals surface area contributed by atoms with Gasteiger partial charge in [-0.05, 0) is 11.6 Å². The third-order valence-electron chi connectivity index (χ3n) is 2.44. The van der Waals surface area contributed by atoms with Gasteiger partial charge in [0.25, 0.3) is 0 Å². The van der Waals surface area contributed by atoms with Crippen LogP contribution in [0, 0.1) is 0 Å². The van der Waals surface area contributed by atoms with E-state index in [9.17, 15) is 9.90 Å². The SMILES string of the molecule is O=C1CCC(O)=C1/C=C/c1ccccc1. The Bertz CT molecular complexity index is 427. The molecule has 0 unspecified atom stereocenters. The number of hydrogen-bond donors (Lipinski definition) is 1. The second kappa shape index (κ2) is 4.13. The van der Waals surface area contributed by atoms with Crippen molar-refractivity contribution >= 4 is 11.9 Å². The summed E-state index contributed by atoms with van der Waals surface area (Å²) >= 11 is 0. The van der Waals surface area contributed by atoms with Gasteiger partial charge in [0, 0.05) is 12.8 Å². The van der Waals surface area contributed by atoms with Gasteiger partial charge in [-0.25, -0.2) is 0 Å². The smallest absolute Gasteiger partial charge is 0.166 e. The Kier molecular flexibility index (Phi) is 2.68. The minimum absolute atomic E-state index is 0.0275. The van der Waals surface area contributed by atoms with E-state index >= 15 is 0 Å². The molecule has 1 aromatic rings. The molecule has 15 heavy (non-hydrogen) atoms. The molecule has 0 spiro atoms. The van der Waals surface area contributed by atoms with Gasteiger partial charge < -0.3 is 5.11 Å². The molecule has 0 heterocycles. The highest BCUT2D eigenvalue weighted by Crippen LogP contribution is 2.22. The lowest BCUT2D eigenvalue weighted by atomic mass is 10.1. The van der Waals surface area contributed by atoms with E-state index in [0.717, 1.165) is 5.56 Å². The Morgan fingerprint density at radius 3 is 2.40 bits per heavy atom. The van der Waals surface area contributed by atoms with E-state index in [1.807, 2.05) is 36.4 Å². The van der Waals surface area contributed by atoms with Gasteiger partial charge in [0.2, 0.25) is 0 Å². The van der Waals surface area contributed by atoms with Gasteiger partial charge in [-0.15, -0.1) is 0 Å². The van der Waals surface area contributed by atoms with Crippen LogP contribution < -0.4 is 0 Å². The van der Waals surface area contributed by atoms with Gasteiger partial charge in [0.15, 0.2) is 5.78 Å². The summed E-state index contributed by atoms with van der Waals surface area (Å²) in [7, 11) is 0. The average molecular weight is 200 g/mol. The molecule has 0 radical (unpaired) electrons. The quantitative estimate of drug-likeness (QED) is 0.797. The van der Waals surface area contributed by atoms with Crippen molar-refractivity contribution in [1.82, 2.24) is 0 Å². The van der Waals surface area contributed by atoms with Crippen LogP contribution in [0.5, 0.6) is 0 Å². The summed E-state index contributed by atoms with van der Waals surface area (Å²) in [6, 6.07) is 9.71. The average Bonchev–Trinajstić information content (AvgIpc) is 2.58. The molecule has 1 N–H and O–H groups in total. The van der Waals surface area contributed by atoms with E-state index in [0.29, 0.717) is 18.4 Å². The molecule has 2 rings (SSSR count). The molecular formula is C13H12O2. The van der Waals surface area contributed by atoms with Crippen LogP contribution >= 0.6 is 0 Å². The van der Waals surface area contributed by atoms with E-state index < -0.39 is 0 Å². The van der Waals surface area contributed by atoms with Gasteiger partial charge in [0.05, 0.1) is 5.57 Å². The van der Waals surface area contributed by atoms with Gasteiger partial charge in [0.1, 0.15) is 5.76 Å². The molecule has 0 aliphatic heterocycles. The Hall–Kier alpha value is -1.83. The molecule has 0 fully saturated rings. The number of carbonyl (C=O) groups is 1. The largest absolute Gasteiger partial charge is 0.512 e. The maximum Gasteiger partial charge on any atom is 0.166 e. The second-order valence-electron chi connectivity index (χ2n) is 3.53.